The average molecular weight is 330 g/mol. The van der Waals surface area contributed by atoms with Crippen molar-refractivity contribution in [3.63, 3.8) is 0 Å². The Bertz CT molecular complexity index is 532. The van der Waals surface area contributed by atoms with Crippen LogP contribution in [0.3, 0.4) is 0 Å². The van der Waals surface area contributed by atoms with Gasteiger partial charge in [-0.25, -0.2) is 0 Å². The summed E-state index contributed by atoms with van der Waals surface area (Å²) >= 11 is 0. The van der Waals surface area contributed by atoms with Crippen molar-refractivity contribution in [3.8, 4) is 5.75 Å². The Balaban J connectivity index is 0.000000438. The van der Waals surface area contributed by atoms with Crippen LogP contribution in [0.1, 0.15) is 19.3 Å². The van der Waals surface area contributed by atoms with Gasteiger partial charge in [0.05, 0.1) is 9.85 Å². The number of hydrogen-bond acceptors (Lipinski definition) is 8. The lowest BCUT2D eigenvalue weighted by molar-refractivity contribution is -0.396. The first kappa shape index (κ1) is 20.2. The zero-order chi connectivity index (χ0) is 18.0. The van der Waals surface area contributed by atoms with Gasteiger partial charge in [-0.15, -0.1) is 0 Å². The Morgan fingerprint density at radius 3 is 2.00 bits per heavy atom. The molecular formula is C12H18N4O7. The monoisotopic (exact) mass is 330 g/mol. The van der Waals surface area contributed by atoms with E-state index in [1.165, 1.54) is 0 Å². The van der Waals surface area contributed by atoms with Gasteiger partial charge in [0.25, 0.3) is 5.75 Å². The fraction of sp³-hybridized carbons (Fsp3) is 0.417. The van der Waals surface area contributed by atoms with E-state index in [2.05, 4.69) is 0 Å². The summed E-state index contributed by atoms with van der Waals surface area (Å²) in [5, 5.41) is 37.8. The Morgan fingerprint density at radius 2 is 1.65 bits per heavy atom. The van der Waals surface area contributed by atoms with Crippen LogP contribution in [0.15, 0.2) is 18.2 Å². The number of phenolic OH excluding ortho intramolecular Hbond substituents is 1. The van der Waals surface area contributed by atoms with Gasteiger partial charge in [-0.2, -0.15) is 0 Å². The van der Waals surface area contributed by atoms with E-state index in [1.807, 2.05) is 0 Å². The quantitative estimate of drug-likeness (QED) is 0.316. The van der Waals surface area contributed by atoms with Crippen molar-refractivity contribution >= 4 is 17.3 Å². The Labute approximate surface area is 130 Å². The van der Waals surface area contributed by atoms with Crippen LogP contribution in [0.25, 0.3) is 0 Å². The predicted octanol–water partition coefficient (Wildman–Crippen LogP) is 0.736. The first-order valence-corrected chi connectivity index (χ1v) is 6.51. The number of benzene rings is 1. The summed E-state index contributed by atoms with van der Waals surface area (Å²) in [5.41, 5.74) is 9.08. The molecule has 0 fully saturated rings. The van der Waals surface area contributed by atoms with E-state index in [4.69, 9.17) is 21.7 Å². The number of rotatable bonds is 7. The minimum Gasteiger partial charge on any atom is -0.497 e. The molecule has 0 amide bonds. The normalized spacial score (nSPS) is 11.0. The van der Waals surface area contributed by atoms with Gasteiger partial charge in [0.1, 0.15) is 6.04 Å². The van der Waals surface area contributed by atoms with Crippen LogP contribution in [0, 0.1) is 20.2 Å². The molecule has 0 aliphatic rings. The molecule has 11 nitrogen and oxygen atoms in total. The second-order valence-electron chi connectivity index (χ2n) is 4.39. The van der Waals surface area contributed by atoms with Gasteiger partial charge in [-0.3, -0.25) is 25.0 Å². The number of carboxylic acids is 1. The molecular weight excluding hydrogens is 312 g/mol. The fourth-order valence-electron chi connectivity index (χ4n) is 1.45. The second-order valence-corrected chi connectivity index (χ2v) is 4.39. The molecule has 23 heavy (non-hydrogen) atoms. The highest BCUT2D eigenvalue weighted by molar-refractivity contribution is 5.72. The number of unbranched alkanes of at least 4 members (excludes halogenated alkanes) is 1. The highest BCUT2D eigenvalue weighted by Crippen LogP contribution is 2.34. The average Bonchev–Trinajstić information content (AvgIpc) is 2.47. The molecule has 1 rings (SSSR count). The first-order chi connectivity index (χ1) is 10.7. The van der Waals surface area contributed by atoms with E-state index < -0.39 is 39.0 Å². The van der Waals surface area contributed by atoms with Gasteiger partial charge >= 0.3 is 17.3 Å². The molecule has 1 aromatic rings. The number of para-hydroxylation sites is 1. The third-order valence-electron chi connectivity index (χ3n) is 2.67. The zero-order valence-corrected chi connectivity index (χ0v) is 12.1. The number of carbonyl (C=O) groups is 1. The van der Waals surface area contributed by atoms with Gasteiger partial charge in [0.2, 0.25) is 0 Å². The maximum atomic E-state index is 10.2. The van der Waals surface area contributed by atoms with Crippen LogP contribution < -0.4 is 11.5 Å². The number of nitrogens with two attached hydrogens (primary N) is 2. The lowest BCUT2D eigenvalue weighted by atomic mass is 10.1. The van der Waals surface area contributed by atoms with Crippen LogP contribution >= 0.6 is 0 Å². The highest BCUT2D eigenvalue weighted by Gasteiger charge is 2.23. The number of nitro benzene ring substituents is 2. The van der Waals surface area contributed by atoms with Crippen LogP contribution in [-0.4, -0.2) is 38.6 Å². The summed E-state index contributed by atoms with van der Waals surface area (Å²) < 4.78 is 0. The van der Waals surface area contributed by atoms with Crippen molar-refractivity contribution in [1.82, 2.24) is 0 Å². The van der Waals surface area contributed by atoms with Gasteiger partial charge in [-0.1, -0.05) is 6.42 Å². The minimum atomic E-state index is -0.933. The van der Waals surface area contributed by atoms with Gasteiger partial charge in [0.15, 0.2) is 0 Å². The first-order valence-electron chi connectivity index (χ1n) is 6.51. The summed E-state index contributed by atoms with van der Waals surface area (Å²) in [6, 6.07) is 2.40. The molecule has 0 aliphatic heterocycles. The molecule has 0 aliphatic carbocycles. The number of carboxylic acid groups (broad SMARTS) is 1. The number of aromatic hydroxyl groups is 1. The zero-order valence-electron chi connectivity index (χ0n) is 12.1. The highest BCUT2D eigenvalue weighted by atomic mass is 16.6. The maximum absolute atomic E-state index is 10.2. The van der Waals surface area contributed by atoms with E-state index in [0.29, 0.717) is 13.0 Å². The molecule has 1 aromatic carbocycles. The lowest BCUT2D eigenvalue weighted by Crippen LogP contribution is -2.29. The molecule has 11 heteroatoms. The minimum absolute atomic E-state index is 0.520. The Morgan fingerprint density at radius 1 is 1.17 bits per heavy atom. The number of nitrogens with zero attached hydrogens (tertiary/aromatic N) is 2. The van der Waals surface area contributed by atoms with E-state index in [0.717, 1.165) is 31.0 Å². The van der Waals surface area contributed by atoms with E-state index >= 15 is 0 Å². The number of aliphatic carboxylic acids is 1. The number of phenols is 1. The third-order valence-corrected chi connectivity index (χ3v) is 2.67. The standard InChI is InChI=1S/C6H4N2O5.C6H14N2O2/c9-6-4(7(10)11)2-1-3-5(6)8(12)13;7-4-2-1-3-5(8)6(9)10/h1-3,9H;5H,1-4,7-8H2,(H,9,10)/t;5-/m.0/s1. The van der Waals surface area contributed by atoms with Crippen molar-refractivity contribution in [1.29, 1.82) is 0 Å². The van der Waals surface area contributed by atoms with Crippen molar-refractivity contribution in [3.05, 3.63) is 38.4 Å². The summed E-state index contributed by atoms with van der Waals surface area (Å²) in [6.45, 7) is 0.604. The van der Waals surface area contributed by atoms with Gasteiger partial charge in [-0.05, 0) is 25.5 Å². The molecule has 0 aromatic heterocycles. The molecule has 0 heterocycles. The molecule has 0 spiro atoms. The molecule has 0 radical (unpaired) electrons. The molecule has 0 saturated heterocycles. The second kappa shape index (κ2) is 10.0. The van der Waals surface area contributed by atoms with Crippen molar-refractivity contribution in [2.45, 2.75) is 25.3 Å². The van der Waals surface area contributed by atoms with E-state index in [9.17, 15) is 25.0 Å². The fourth-order valence-corrected chi connectivity index (χ4v) is 1.45. The molecule has 128 valence electrons. The van der Waals surface area contributed by atoms with Gasteiger partial charge < -0.3 is 21.7 Å². The van der Waals surface area contributed by atoms with Crippen LogP contribution in [0.2, 0.25) is 0 Å². The summed E-state index contributed by atoms with van der Waals surface area (Å²) in [5.74, 6) is -1.85. The van der Waals surface area contributed by atoms with Crippen LogP contribution in [-0.2, 0) is 4.79 Å². The number of nitro groups is 2. The predicted molar refractivity (Wildman–Crippen MR) is 79.9 cm³/mol. The van der Waals surface area contributed by atoms with Crippen molar-refractivity contribution in [2.75, 3.05) is 6.54 Å². The lowest BCUT2D eigenvalue weighted by Gasteiger charge is -2.03. The Hall–Kier alpha value is -2.79. The topological polar surface area (TPSA) is 196 Å². The SMILES string of the molecule is NCCCC[C@H](N)C(=O)O.O=[N+]([O-])c1cccc([N+](=O)[O-])c1O. The molecule has 0 bridgehead atoms. The Kier molecular flexibility index (Phi) is 8.81. The van der Waals surface area contributed by atoms with Crippen LogP contribution in [0.4, 0.5) is 11.4 Å². The molecule has 0 saturated carbocycles. The number of hydrogen-bond donors (Lipinski definition) is 4. The maximum Gasteiger partial charge on any atom is 0.320 e. The molecule has 6 N–H and O–H groups in total. The van der Waals surface area contributed by atoms with Crippen molar-refractivity contribution < 1.29 is 24.9 Å². The summed E-state index contributed by atoms with van der Waals surface area (Å²) in [6.07, 6.45) is 2.16. The van der Waals surface area contributed by atoms with Gasteiger partial charge in [0, 0.05) is 12.1 Å². The molecule has 0 unspecified atom stereocenters. The van der Waals surface area contributed by atoms with Crippen molar-refractivity contribution in [2.24, 2.45) is 11.5 Å². The smallest absolute Gasteiger partial charge is 0.320 e. The molecule has 1 atom stereocenters. The van der Waals surface area contributed by atoms with E-state index in [1.54, 1.807) is 0 Å². The van der Waals surface area contributed by atoms with Crippen LogP contribution in [0.5, 0.6) is 5.75 Å². The summed E-state index contributed by atoms with van der Waals surface area (Å²) in [4.78, 5) is 28.8. The van der Waals surface area contributed by atoms with E-state index in [-0.39, 0.29) is 0 Å². The largest absolute Gasteiger partial charge is 0.497 e. The third kappa shape index (κ3) is 7.15. The summed E-state index contributed by atoms with van der Waals surface area (Å²) in [7, 11) is 0.